The van der Waals surface area contributed by atoms with Crippen molar-refractivity contribution in [1.82, 2.24) is 0 Å². The minimum absolute atomic E-state index is 0.0760. The molecule has 0 aromatic heterocycles. The maximum absolute atomic E-state index is 12.7. The molecule has 2 aromatic carbocycles. The second kappa shape index (κ2) is 6.83. The first-order valence-electron chi connectivity index (χ1n) is 6.20. The summed E-state index contributed by atoms with van der Waals surface area (Å²) in [6, 6.07) is 9.88. The van der Waals surface area contributed by atoms with E-state index in [9.17, 15) is 22.4 Å². The predicted molar refractivity (Wildman–Crippen MR) is 77.2 cm³/mol. The van der Waals surface area contributed by atoms with E-state index in [2.05, 4.69) is 5.32 Å². The fourth-order valence-corrected chi connectivity index (χ4v) is 2.32. The fraction of sp³-hybridized carbons (Fsp3) is 0.133. The molecule has 0 aliphatic carbocycles. The van der Waals surface area contributed by atoms with Crippen LogP contribution in [0.5, 0.6) is 0 Å². The molecule has 0 radical (unpaired) electrons. The van der Waals surface area contributed by atoms with E-state index in [0.717, 1.165) is 17.0 Å². The highest BCUT2D eigenvalue weighted by Gasteiger charge is 2.29. The molecule has 1 N–H and O–H groups in total. The summed E-state index contributed by atoms with van der Waals surface area (Å²) in [4.78, 5) is 12.4. The van der Waals surface area contributed by atoms with Gasteiger partial charge in [0.05, 0.1) is 11.3 Å². The number of nitrogens with one attached hydrogen (secondary N) is 1. The molecular weight excluding hydrogens is 318 g/mol. The van der Waals surface area contributed by atoms with Gasteiger partial charge in [-0.25, -0.2) is 4.39 Å². The first kappa shape index (κ1) is 16.4. The van der Waals surface area contributed by atoms with Crippen LogP contribution in [0.4, 0.5) is 23.2 Å². The number of anilines is 1. The molecule has 7 heteroatoms. The van der Waals surface area contributed by atoms with Gasteiger partial charge in [-0.2, -0.15) is 13.2 Å². The number of benzene rings is 2. The topological polar surface area (TPSA) is 29.1 Å². The lowest BCUT2D eigenvalue weighted by molar-refractivity contribution is -0.137. The van der Waals surface area contributed by atoms with Gasteiger partial charge in [-0.3, -0.25) is 4.79 Å². The summed E-state index contributed by atoms with van der Waals surface area (Å²) in [6.07, 6.45) is -4.40. The maximum Gasteiger partial charge on any atom is 0.416 e. The summed E-state index contributed by atoms with van der Waals surface area (Å²) in [7, 11) is 0. The van der Waals surface area contributed by atoms with Gasteiger partial charge in [0.2, 0.25) is 5.91 Å². The fourth-order valence-electron chi connectivity index (χ4n) is 1.62. The van der Waals surface area contributed by atoms with Crippen molar-refractivity contribution in [2.45, 2.75) is 11.1 Å². The average molecular weight is 329 g/mol. The van der Waals surface area contributed by atoms with Crippen LogP contribution < -0.4 is 5.32 Å². The molecule has 0 bridgehead atoms. The Labute approximate surface area is 128 Å². The molecule has 0 saturated carbocycles. The summed E-state index contributed by atoms with van der Waals surface area (Å²) in [5.41, 5.74) is -0.483. The number of thioether (sulfide) groups is 1. The van der Waals surface area contributed by atoms with E-state index < -0.39 is 11.7 Å². The smallest absolute Gasteiger partial charge is 0.325 e. The third-order valence-corrected chi connectivity index (χ3v) is 3.69. The molecule has 0 aliphatic rings. The van der Waals surface area contributed by atoms with E-state index in [-0.39, 0.29) is 23.2 Å². The average Bonchev–Trinajstić information content (AvgIpc) is 2.46. The van der Waals surface area contributed by atoms with Crippen molar-refractivity contribution < 1.29 is 22.4 Å². The van der Waals surface area contributed by atoms with Crippen LogP contribution in [0.2, 0.25) is 0 Å². The molecule has 2 aromatic rings. The first-order valence-corrected chi connectivity index (χ1v) is 7.18. The highest BCUT2D eigenvalue weighted by Crippen LogP contribution is 2.29. The van der Waals surface area contributed by atoms with Crippen LogP contribution in [-0.2, 0) is 11.0 Å². The summed E-state index contributed by atoms with van der Waals surface area (Å²) >= 11 is 1.21. The van der Waals surface area contributed by atoms with Crippen LogP contribution >= 0.6 is 11.8 Å². The molecule has 0 fully saturated rings. The Morgan fingerprint density at radius 3 is 2.14 bits per heavy atom. The van der Waals surface area contributed by atoms with Crippen molar-refractivity contribution in [3.05, 3.63) is 59.9 Å². The highest BCUT2D eigenvalue weighted by atomic mass is 32.2. The number of hydrogen-bond acceptors (Lipinski definition) is 2. The standard InChI is InChI=1S/C15H11F4NOS/c16-11-3-7-13(8-4-11)22-9-14(21)20-12-5-1-10(2-6-12)15(17,18)19/h1-8H,9H2,(H,20,21). The Hall–Kier alpha value is -2.02. The normalized spacial score (nSPS) is 11.3. The second-order valence-electron chi connectivity index (χ2n) is 4.37. The van der Waals surface area contributed by atoms with Gasteiger partial charge >= 0.3 is 6.18 Å². The number of carbonyl (C=O) groups is 1. The molecule has 0 saturated heterocycles. The lowest BCUT2D eigenvalue weighted by Gasteiger charge is -2.08. The van der Waals surface area contributed by atoms with Gasteiger partial charge < -0.3 is 5.32 Å². The van der Waals surface area contributed by atoms with Gasteiger partial charge in [0.15, 0.2) is 0 Å². The minimum atomic E-state index is -4.40. The lowest BCUT2D eigenvalue weighted by Crippen LogP contribution is -2.14. The number of carbonyl (C=O) groups excluding carboxylic acids is 1. The SMILES string of the molecule is O=C(CSc1ccc(F)cc1)Nc1ccc(C(F)(F)F)cc1. The summed E-state index contributed by atoms with van der Waals surface area (Å²) in [5.74, 6) is -0.639. The Morgan fingerprint density at radius 2 is 1.59 bits per heavy atom. The van der Waals surface area contributed by atoms with Crippen molar-refractivity contribution in [1.29, 1.82) is 0 Å². The number of rotatable bonds is 4. The maximum atomic E-state index is 12.7. The molecule has 0 spiro atoms. The molecule has 116 valence electrons. The molecule has 1 amide bonds. The molecule has 22 heavy (non-hydrogen) atoms. The molecule has 0 aliphatic heterocycles. The van der Waals surface area contributed by atoms with Crippen LogP contribution in [0.15, 0.2) is 53.4 Å². The van der Waals surface area contributed by atoms with Crippen molar-refractivity contribution in [2.75, 3.05) is 11.1 Å². The molecule has 0 atom stereocenters. The number of hydrogen-bond donors (Lipinski definition) is 1. The minimum Gasteiger partial charge on any atom is -0.325 e. The monoisotopic (exact) mass is 329 g/mol. The largest absolute Gasteiger partial charge is 0.416 e. The van der Waals surface area contributed by atoms with E-state index in [0.29, 0.717) is 0 Å². The lowest BCUT2D eigenvalue weighted by atomic mass is 10.2. The zero-order chi connectivity index (χ0) is 16.2. The van der Waals surface area contributed by atoms with E-state index >= 15 is 0 Å². The quantitative estimate of drug-likeness (QED) is 0.657. The molecule has 2 nitrogen and oxygen atoms in total. The summed E-state index contributed by atoms with van der Waals surface area (Å²) in [5, 5.41) is 2.50. The molecular formula is C15H11F4NOS. The predicted octanol–water partition coefficient (Wildman–Crippen LogP) is 4.58. The van der Waals surface area contributed by atoms with E-state index in [1.165, 1.54) is 36.0 Å². The van der Waals surface area contributed by atoms with Crippen molar-refractivity contribution >= 4 is 23.4 Å². The highest BCUT2D eigenvalue weighted by molar-refractivity contribution is 8.00. The van der Waals surface area contributed by atoms with E-state index in [1.54, 1.807) is 12.1 Å². The Bertz CT molecular complexity index is 638. The van der Waals surface area contributed by atoms with Crippen molar-refractivity contribution in [3.63, 3.8) is 0 Å². The summed E-state index contributed by atoms with van der Waals surface area (Å²) in [6.45, 7) is 0. The van der Waals surface area contributed by atoms with Gasteiger partial charge in [-0.05, 0) is 48.5 Å². The van der Waals surface area contributed by atoms with Gasteiger partial charge in [0.1, 0.15) is 5.82 Å². The Balaban J connectivity index is 1.88. The zero-order valence-electron chi connectivity index (χ0n) is 11.2. The van der Waals surface area contributed by atoms with Crippen LogP contribution in [0, 0.1) is 5.82 Å². The van der Waals surface area contributed by atoms with E-state index in [4.69, 9.17) is 0 Å². The third-order valence-electron chi connectivity index (χ3n) is 2.68. The van der Waals surface area contributed by atoms with Gasteiger partial charge in [0, 0.05) is 10.6 Å². The van der Waals surface area contributed by atoms with Crippen molar-refractivity contribution in [2.24, 2.45) is 0 Å². The van der Waals surface area contributed by atoms with Crippen LogP contribution in [0.25, 0.3) is 0 Å². The first-order chi connectivity index (χ1) is 10.3. The van der Waals surface area contributed by atoms with Crippen molar-refractivity contribution in [3.8, 4) is 0 Å². The number of halogens is 4. The zero-order valence-corrected chi connectivity index (χ0v) is 12.0. The third kappa shape index (κ3) is 4.77. The number of amides is 1. The van der Waals surface area contributed by atoms with Gasteiger partial charge in [-0.1, -0.05) is 0 Å². The second-order valence-corrected chi connectivity index (χ2v) is 5.41. The number of alkyl halides is 3. The van der Waals surface area contributed by atoms with Gasteiger partial charge in [0.25, 0.3) is 0 Å². The van der Waals surface area contributed by atoms with Gasteiger partial charge in [-0.15, -0.1) is 11.8 Å². The Morgan fingerprint density at radius 1 is 1.00 bits per heavy atom. The van der Waals surface area contributed by atoms with Crippen LogP contribution in [0.3, 0.4) is 0 Å². The van der Waals surface area contributed by atoms with Crippen LogP contribution in [0.1, 0.15) is 5.56 Å². The summed E-state index contributed by atoms with van der Waals surface area (Å²) < 4.78 is 49.9. The van der Waals surface area contributed by atoms with E-state index in [1.807, 2.05) is 0 Å². The molecule has 0 heterocycles. The Kier molecular flexibility index (Phi) is 5.07. The molecule has 0 unspecified atom stereocenters. The van der Waals surface area contributed by atoms with Crippen LogP contribution in [-0.4, -0.2) is 11.7 Å². The molecule has 2 rings (SSSR count).